The topological polar surface area (TPSA) is 42.2 Å². The third-order valence-corrected chi connectivity index (χ3v) is 1.47. The molecule has 0 spiro atoms. The number of rotatable bonds is 3. The molecule has 0 radical (unpaired) electrons. The second kappa shape index (κ2) is 4.53. The van der Waals surface area contributed by atoms with Crippen molar-refractivity contribution in [1.82, 2.24) is 0 Å². The van der Waals surface area contributed by atoms with Crippen LogP contribution in [0.25, 0.3) is 0 Å². The van der Waals surface area contributed by atoms with Gasteiger partial charge in [-0.25, -0.2) is 8.78 Å². The molecule has 0 aliphatic carbocycles. The molecule has 0 N–H and O–H groups in total. The van der Waals surface area contributed by atoms with Crippen LogP contribution in [0.3, 0.4) is 0 Å². The van der Waals surface area contributed by atoms with Crippen molar-refractivity contribution in [1.29, 1.82) is 5.26 Å². The standard InChI is InChI=1S/C9H7F2NO2/c1-13-5-14-9-2-6(4-12)7(10)3-8(9)11/h2-3H,5H2,1H3. The zero-order valence-corrected chi connectivity index (χ0v) is 7.38. The minimum atomic E-state index is -0.908. The fourth-order valence-electron chi connectivity index (χ4n) is 0.848. The number of hydrogen-bond donors (Lipinski definition) is 0. The van der Waals surface area contributed by atoms with Crippen LogP contribution < -0.4 is 4.74 Å². The van der Waals surface area contributed by atoms with Crippen LogP contribution in [-0.2, 0) is 4.74 Å². The summed E-state index contributed by atoms with van der Waals surface area (Å²) in [6.45, 7) is -0.159. The van der Waals surface area contributed by atoms with Crippen molar-refractivity contribution in [3.05, 3.63) is 29.3 Å². The Morgan fingerprint density at radius 3 is 2.64 bits per heavy atom. The zero-order valence-electron chi connectivity index (χ0n) is 7.38. The highest BCUT2D eigenvalue weighted by molar-refractivity contribution is 5.38. The molecule has 14 heavy (non-hydrogen) atoms. The molecule has 0 aliphatic heterocycles. The summed E-state index contributed by atoms with van der Waals surface area (Å²) in [7, 11) is 1.37. The molecule has 0 saturated heterocycles. The molecule has 0 saturated carbocycles. The van der Waals surface area contributed by atoms with Gasteiger partial charge in [-0.3, -0.25) is 0 Å². The minimum Gasteiger partial charge on any atom is -0.464 e. The number of benzene rings is 1. The van der Waals surface area contributed by atoms with Crippen molar-refractivity contribution in [3.63, 3.8) is 0 Å². The largest absolute Gasteiger partial charge is 0.464 e. The molecule has 0 fully saturated rings. The molecule has 0 bridgehead atoms. The van der Waals surface area contributed by atoms with Gasteiger partial charge in [0.2, 0.25) is 0 Å². The monoisotopic (exact) mass is 199 g/mol. The molecule has 3 nitrogen and oxygen atoms in total. The summed E-state index contributed by atoms with van der Waals surface area (Å²) in [6.07, 6.45) is 0. The normalized spacial score (nSPS) is 9.57. The van der Waals surface area contributed by atoms with Crippen LogP contribution in [0, 0.1) is 23.0 Å². The molecular weight excluding hydrogens is 192 g/mol. The minimum absolute atomic E-state index is 0.159. The van der Waals surface area contributed by atoms with Crippen molar-refractivity contribution >= 4 is 0 Å². The van der Waals surface area contributed by atoms with Crippen LogP contribution >= 0.6 is 0 Å². The third-order valence-electron chi connectivity index (χ3n) is 1.47. The van der Waals surface area contributed by atoms with E-state index < -0.39 is 11.6 Å². The fraction of sp³-hybridized carbons (Fsp3) is 0.222. The Labute approximate surface area is 79.5 Å². The SMILES string of the molecule is COCOc1cc(C#N)c(F)cc1F. The van der Waals surface area contributed by atoms with Gasteiger partial charge < -0.3 is 9.47 Å². The Morgan fingerprint density at radius 1 is 1.36 bits per heavy atom. The zero-order chi connectivity index (χ0) is 10.6. The third kappa shape index (κ3) is 2.18. The first kappa shape index (κ1) is 10.4. The van der Waals surface area contributed by atoms with Crippen molar-refractivity contribution in [2.75, 3.05) is 13.9 Å². The first-order valence-corrected chi connectivity index (χ1v) is 3.70. The Hall–Kier alpha value is -1.67. The van der Waals surface area contributed by atoms with Gasteiger partial charge in [0.1, 0.15) is 11.9 Å². The molecule has 1 aromatic rings. The molecule has 0 atom stereocenters. The fourth-order valence-corrected chi connectivity index (χ4v) is 0.848. The average Bonchev–Trinajstić information content (AvgIpc) is 2.17. The highest BCUT2D eigenvalue weighted by Crippen LogP contribution is 2.21. The molecule has 0 amide bonds. The molecule has 0 aliphatic rings. The smallest absolute Gasteiger partial charge is 0.188 e. The maximum Gasteiger partial charge on any atom is 0.188 e. The predicted octanol–water partition coefficient (Wildman–Crippen LogP) is 1.82. The molecule has 1 aromatic carbocycles. The number of nitrogens with zero attached hydrogens (tertiary/aromatic N) is 1. The quantitative estimate of drug-likeness (QED) is 0.697. The summed E-state index contributed by atoms with van der Waals surface area (Å²) >= 11 is 0. The van der Waals surface area contributed by atoms with Crippen LogP contribution in [0.1, 0.15) is 5.56 Å². The van der Waals surface area contributed by atoms with E-state index >= 15 is 0 Å². The van der Waals surface area contributed by atoms with Crippen LogP contribution in [0.4, 0.5) is 8.78 Å². The first-order valence-electron chi connectivity index (χ1n) is 3.70. The van der Waals surface area contributed by atoms with E-state index in [0.717, 1.165) is 6.07 Å². The van der Waals surface area contributed by atoms with Gasteiger partial charge in [-0.15, -0.1) is 0 Å². The van der Waals surface area contributed by atoms with E-state index in [1.807, 2.05) is 0 Å². The van der Waals surface area contributed by atoms with Crippen molar-refractivity contribution < 1.29 is 18.3 Å². The van der Waals surface area contributed by atoms with E-state index in [1.54, 1.807) is 6.07 Å². The highest BCUT2D eigenvalue weighted by Gasteiger charge is 2.10. The number of halogens is 2. The van der Waals surface area contributed by atoms with Gasteiger partial charge in [-0.05, 0) is 0 Å². The molecule has 1 rings (SSSR count). The maximum absolute atomic E-state index is 13.0. The molecular formula is C9H7F2NO2. The lowest BCUT2D eigenvalue weighted by Gasteiger charge is -2.06. The van der Waals surface area contributed by atoms with E-state index in [1.165, 1.54) is 7.11 Å². The second-order valence-corrected chi connectivity index (χ2v) is 2.43. The number of methoxy groups -OCH3 is 1. The molecule has 0 aromatic heterocycles. The summed E-state index contributed by atoms with van der Waals surface area (Å²) in [5.41, 5.74) is -0.266. The lowest BCUT2D eigenvalue weighted by Crippen LogP contribution is -2.01. The predicted molar refractivity (Wildman–Crippen MR) is 43.6 cm³/mol. The Balaban J connectivity index is 3.00. The van der Waals surface area contributed by atoms with E-state index in [4.69, 9.17) is 10.00 Å². The Bertz CT molecular complexity index is 374. The maximum atomic E-state index is 13.0. The van der Waals surface area contributed by atoms with Crippen LogP contribution in [0.15, 0.2) is 12.1 Å². The Morgan fingerprint density at radius 2 is 2.07 bits per heavy atom. The van der Waals surface area contributed by atoms with Gasteiger partial charge in [-0.1, -0.05) is 0 Å². The van der Waals surface area contributed by atoms with Gasteiger partial charge in [0.05, 0.1) is 5.56 Å². The molecule has 0 heterocycles. The average molecular weight is 199 g/mol. The molecule has 74 valence electrons. The number of hydrogen-bond acceptors (Lipinski definition) is 3. The summed E-state index contributed by atoms with van der Waals surface area (Å²) in [5.74, 6) is -1.97. The van der Waals surface area contributed by atoms with Gasteiger partial charge in [0, 0.05) is 19.2 Å². The first-order chi connectivity index (χ1) is 6.69. The summed E-state index contributed by atoms with van der Waals surface area (Å²) in [4.78, 5) is 0. The highest BCUT2D eigenvalue weighted by atomic mass is 19.1. The second-order valence-electron chi connectivity index (χ2n) is 2.43. The van der Waals surface area contributed by atoms with Gasteiger partial charge in [0.15, 0.2) is 18.4 Å². The summed E-state index contributed by atoms with van der Waals surface area (Å²) < 4.78 is 35.1. The summed E-state index contributed by atoms with van der Waals surface area (Å²) in [6, 6.07) is 3.17. The Kier molecular flexibility index (Phi) is 3.37. The van der Waals surface area contributed by atoms with E-state index in [-0.39, 0.29) is 18.1 Å². The van der Waals surface area contributed by atoms with Crippen LogP contribution in [0.5, 0.6) is 5.75 Å². The summed E-state index contributed by atoms with van der Waals surface area (Å²) in [5, 5.41) is 8.46. The lowest BCUT2D eigenvalue weighted by molar-refractivity contribution is 0.0482. The molecule has 0 unspecified atom stereocenters. The van der Waals surface area contributed by atoms with Crippen LogP contribution in [0.2, 0.25) is 0 Å². The van der Waals surface area contributed by atoms with E-state index in [2.05, 4.69) is 4.74 Å². The van der Waals surface area contributed by atoms with Crippen molar-refractivity contribution in [2.45, 2.75) is 0 Å². The number of ether oxygens (including phenoxy) is 2. The van der Waals surface area contributed by atoms with Gasteiger partial charge >= 0.3 is 0 Å². The van der Waals surface area contributed by atoms with Gasteiger partial charge in [-0.2, -0.15) is 5.26 Å². The van der Waals surface area contributed by atoms with Crippen LogP contribution in [-0.4, -0.2) is 13.9 Å². The number of nitriles is 1. The lowest BCUT2D eigenvalue weighted by atomic mass is 10.2. The van der Waals surface area contributed by atoms with Crippen molar-refractivity contribution in [2.24, 2.45) is 0 Å². The van der Waals surface area contributed by atoms with E-state index in [9.17, 15) is 8.78 Å². The molecule has 5 heteroatoms. The van der Waals surface area contributed by atoms with Gasteiger partial charge in [0.25, 0.3) is 0 Å². The van der Waals surface area contributed by atoms with E-state index in [0.29, 0.717) is 6.07 Å². The van der Waals surface area contributed by atoms with Crippen molar-refractivity contribution in [3.8, 4) is 11.8 Å².